The Morgan fingerprint density at radius 3 is 3.07 bits per heavy atom. The van der Waals surface area contributed by atoms with E-state index in [1.165, 1.54) is 11.3 Å². The van der Waals surface area contributed by atoms with Gasteiger partial charge in [-0.25, -0.2) is 0 Å². The van der Waals surface area contributed by atoms with Crippen LogP contribution in [-0.4, -0.2) is 20.0 Å². The van der Waals surface area contributed by atoms with Crippen LogP contribution in [0.2, 0.25) is 5.02 Å². The lowest BCUT2D eigenvalue weighted by atomic mass is 10.4. The normalized spacial score (nSPS) is 10.4. The van der Waals surface area contributed by atoms with Gasteiger partial charge in [0.15, 0.2) is 0 Å². The lowest BCUT2D eigenvalue weighted by molar-refractivity contribution is 0.747. The SMILES string of the molecule is Cn1cc(Cl)c(CNc2nncs2)n1. The Balaban J connectivity index is 2.01. The molecule has 2 aromatic rings. The standard InChI is InChI=1S/C7H8ClN5S/c1-13-3-5(8)6(12-13)2-9-7-11-10-4-14-7/h3-4H,2H2,1H3,(H,9,11). The van der Waals surface area contributed by atoms with Crippen LogP contribution in [0.1, 0.15) is 5.69 Å². The van der Waals surface area contributed by atoms with Crippen molar-refractivity contribution in [2.45, 2.75) is 6.54 Å². The van der Waals surface area contributed by atoms with E-state index >= 15 is 0 Å². The van der Waals surface area contributed by atoms with E-state index in [0.29, 0.717) is 11.6 Å². The monoisotopic (exact) mass is 229 g/mol. The Morgan fingerprint density at radius 1 is 1.64 bits per heavy atom. The number of halogens is 1. The fourth-order valence-electron chi connectivity index (χ4n) is 1.03. The average molecular weight is 230 g/mol. The van der Waals surface area contributed by atoms with Crippen molar-refractivity contribution in [3.63, 3.8) is 0 Å². The highest BCUT2D eigenvalue weighted by Gasteiger charge is 2.05. The molecule has 0 saturated heterocycles. The summed E-state index contributed by atoms with van der Waals surface area (Å²) in [4.78, 5) is 0. The lowest BCUT2D eigenvalue weighted by Crippen LogP contribution is -2.01. The highest BCUT2D eigenvalue weighted by atomic mass is 35.5. The Morgan fingerprint density at radius 2 is 2.50 bits per heavy atom. The summed E-state index contributed by atoms with van der Waals surface area (Å²) in [6.07, 6.45) is 1.76. The number of nitrogens with one attached hydrogen (secondary N) is 1. The maximum absolute atomic E-state index is 5.93. The van der Waals surface area contributed by atoms with E-state index in [0.717, 1.165) is 10.8 Å². The number of rotatable bonds is 3. The quantitative estimate of drug-likeness (QED) is 0.868. The van der Waals surface area contributed by atoms with Gasteiger partial charge >= 0.3 is 0 Å². The third-order valence-corrected chi connectivity index (χ3v) is 2.59. The molecule has 0 aliphatic carbocycles. The molecular weight excluding hydrogens is 222 g/mol. The molecule has 0 radical (unpaired) electrons. The van der Waals surface area contributed by atoms with Gasteiger partial charge in [0.25, 0.3) is 0 Å². The van der Waals surface area contributed by atoms with Crippen LogP contribution in [-0.2, 0) is 13.6 Å². The van der Waals surface area contributed by atoms with Crippen LogP contribution in [0.4, 0.5) is 5.13 Å². The van der Waals surface area contributed by atoms with Crippen molar-refractivity contribution >= 4 is 28.1 Å². The molecule has 2 rings (SSSR count). The zero-order chi connectivity index (χ0) is 9.97. The Hall–Kier alpha value is -1.14. The molecule has 0 fully saturated rings. The van der Waals surface area contributed by atoms with E-state index in [9.17, 15) is 0 Å². The van der Waals surface area contributed by atoms with E-state index in [1.807, 2.05) is 7.05 Å². The maximum Gasteiger partial charge on any atom is 0.205 e. The van der Waals surface area contributed by atoms with Crippen LogP contribution in [0.3, 0.4) is 0 Å². The summed E-state index contributed by atoms with van der Waals surface area (Å²) in [7, 11) is 1.83. The summed E-state index contributed by atoms with van der Waals surface area (Å²) in [5, 5.41) is 16.3. The number of aryl methyl sites for hydroxylation is 1. The molecule has 0 aromatic carbocycles. The van der Waals surface area contributed by atoms with Gasteiger partial charge in [-0.15, -0.1) is 10.2 Å². The predicted molar refractivity (Wildman–Crippen MR) is 55.5 cm³/mol. The summed E-state index contributed by atoms with van der Waals surface area (Å²) >= 11 is 7.37. The molecule has 2 aromatic heterocycles. The minimum absolute atomic E-state index is 0.564. The summed E-state index contributed by atoms with van der Waals surface area (Å²) < 4.78 is 1.68. The number of nitrogens with zero attached hydrogens (tertiary/aromatic N) is 4. The van der Waals surface area contributed by atoms with E-state index in [-0.39, 0.29) is 0 Å². The van der Waals surface area contributed by atoms with Crippen LogP contribution >= 0.6 is 22.9 Å². The first-order valence-electron chi connectivity index (χ1n) is 3.94. The molecule has 2 heterocycles. The largest absolute Gasteiger partial charge is 0.354 e. The van der Waals surface area contributed by atoms with Crippen LogP contribution < -0.4 is 5.32 Å². The highest BCUT2D eigenvalue weighted by molar-refractivity contribution is 7.13. The molecular formula is C7H8ClN5S. The molecule has 0 unspecified atom stereocenters. The molecule has 0 aliphatic heterocycles. The molecule has 0 saturated carbocycles. The second-order valence-corrected chi connectivity index (χ2v) is 3.94. The molecule has 0 aliphatic rings. The van der Waals surface area contributed by atoms with Gasteiger partial charge in [0.2, 0.25) is 5.13 Å². The van der Waals surface area contributed by atoms with E-state index in [4.69, 9.17) is 11.6 Å². The van der Waals surface area contributed by atoms with Gasteiger partial charge in [-0.2, -0.15) is 5.10 Å². The van der Waals surface area contributed by atoms with Crippen molar-refractivity contribution in [3.05, 3.63) is 22.4 Å². The molecule has 5 nitrogen and oxygen atoms in total. The molecule has 7 heteroatoms. The zero-order valence-corrected chi connectivity index (χ0v) is 9.01. The zero-order valence-electron chi connectivity index (χ0n) is 7.44. The van der Waals surface area contributed by atoms with Gasteiger partial charge < -0.3 is 5.32 Å². The van der Waals surface area contributed by atoms with Crippen molar-refractivity contribution in [1.82, 2.24) is 20.0 Å². The highest BCUT2D eigenvalue weighted by Crippen LogP contribution is 2.15. The van der Waals surface area contributed by atoms with Gasteiger partial charge in [0, 0.05) is 13.2 Å². The van der Waals surface area contributed by atoms with Gasteiger partial charge in [-0.1, -0.05) is 22.9 Å². The first-order chi connectivity index (χ1) is 6.75. The third-order valence-electron chi connectivity index (χ3n) is 1.62. The number of hydrogen-bond acceptors (Lipinski definition) is 5. The minimum Gasteiger partial charge on any atom is -0.354 e. The second-order valence-electron chi connectivity index (χ2n) is 2.69. The second kappa shape index (κ2) is 3.93. The summed E-state index contributed by atoms with van der Waals surface area (Å²) in [5.74, 6) is 0. The van der Waals surface area contributed by atoms with Gasteiger partial charge in [0.05, 0.1) is 11.6 Å². The minimum atomic E-state index is 0.564. The Kier molecular flexibility index (Phi) is 2.64. The smallest absolute Gasteiger partial charge is 0.205 e. The summed E-state index contributed by atoms with van der Waals surface area (Å²) in [6.45, 7) is 0.564. The Labute approximate surface area is 89.7 Å². The van der Waals surface area contributed by atoms with Crippen LogP contribution in [0.5, 0.6) is 0 Å². The summed E-state index contributed by atoms with van der Waals surface area (Å²) in [5.41, 5.74) is 2.48. The first-order valence-corrected chi connectivity index (χ1v) is 5.19. The molecule has 74 valence electrons. The van der Waals surface area contributed by atoms with Crippen molar-refractivity contribution < 1.29 is 0 Å². The fourth-order valence-corrected chi connectivity index (χ4v) is 1.72. The lowest BCUT2D eigenvalue weighted by Gasteiger charge is -1.97. The van der Waals surface area contributed by atoms with E-state index < -0.39 is 0 Å². The van der Waals surface area contributed by atoms with Gasteiger partial charge in [-0.05, 0) is 0 Å². The van der Waals surface area contributed by atoms with Crippen molar-refractivity contribution in [3.8, 4) is 0 Å². The average Bonchev–Trinajstić information content (AvgIpc) is 2.72. The number of aromatic nitrogens is 4. The van der Waals surface area contributed by atoms with Crippen molar-refractivity contribution in [2.75, 3.05) is 5.32 Å². The van der Waals surface area contributed by atoms with Gasteiger partial charge in [0.1, 0.15) is 11.2 Å². The molecule has 0 bridgehead atoms. The van der Waals surface area contributed by atoms with Crippen LogP contribution in [0.15, 0.2) is 11.7 Å². The Bertz CT molecular complexity index is 410. The topological polar surface area (TPSA) is 55.6 Å². The molecule has 0 atom stereocenters. The number of hydrogen-bond donors (Lipinski definition) is 1. The van der Waals surface area contributed by atoms with E-state index in [2.05, 4.69) is 20.6 Å². The molecule has 14 heavy (non-hydrogen) atoms. The first kappa shape index (κ1) is 9.42. The van der Waals surface area contributed by atoms with Crippen LogP contribution in [0, 0.1) is 0 Å². The van der Waals surface area contributed by atoms with Gasteiger partial charge in [-0.3, -0.25) is 4.68 Å². The molecule has 0 spiro atoms. The van der Waals surface area contributed by atoms with Crippen molar-refractivity contribution in [2.24, 2.45) is 7.05 Å². The summed E-state index contributed by atoms with van der Waals surface area (Å²) in [6, 6.07) is 0. The van der Waals surface area contributed by atoms with Crippen molar-refractivity contribution in [1.29, 1.82) is 0 Å². The molecule has 0 amide bonds. The molecule has 1 N–H and O–H groups in total. The fraction of sp³-hybridized carbons (Fsp3) is 0.286. The van der Waals surface area contributed by atoms with E-state index in [1.54, 1.807) is 16.4 Å². The maximum atomic E-state index is 5.93. The van der Waals surface area contributed by atoms with Crippen LogP contribution in [0.25, 0.3) is 0 Å². The number of anilines is 1. The third kappa shape index (κ3) is 2.02. The predicted octanol–water partition coefficient (Wildman–Crippen LogP) is 1.54.